The van der Waals surface area contributed by atoms with Crippen molar-refractivity contribution in [3.8, 4) is 17.2 Å². The first-order valence-electron chi connectivity index (χ1n) is 8.21. The third-order valence-corrected chi connectivity index (χ3v) is 3.85. The van der Waals surface area contributed by atoms with Gasteiger partial charge in [0.05, 0.1) is 24.5 Å². The molecule has 2 heterocycles. The summed E-state index contributed by atoms with van der Waals surface area (Å²) in [7, 11) is 0. The molecule has 26 heavy (non-hydrogen) atoms. The highest BCUT2D eigenvalue weighted by Gasteiger charge is 2.16. The number of benzene rings is 2. The number of fused-ring (bicyclic) bond motifs is 1. The first-order chi connectivity index (χ1) is 12.8. The number of aromatic nitrogens is 4. The molecule has 1 aliphatic heterocycles. The molecular weight excluding hydrogens is 336 g/mol. The molecule has 0 aliphatic carbocycles. The molecule has 0 amide bonds. The Morgan fingerprint density at radius 1 is 1.08 bits per heavy atom. The molecule has 4 rings (SSSR count). The molecule has 0 saturated heterocycles. The monoisotopic (exact) mass is 352 g/mol. The van der Waals surface area contributed by atoms with E-state index in [9.17, 15) is 4.79 Å². The van der Waals surface area contributed by atoms with E-state index in [1.165, 1.54) is 4.68 Å². The average Bonchev–Trinajstić information content (AvgIpc) is 3.03. The molecule has 0 saturated carbocycles. The second-order valence-corrected chi connectivity index (χ2v) is 5.63. The predicted octanol–water partition coefficient (Wildman–Crippen LogP) is 2.18. The lowest BCUT2D eigenvalue weighted by Crippen LogP contribution is -2.10. The third kappa shape index (κ3) is 3.34. The van der Waals surface area contributed by atoms with Crippen molar-refractivity contribution in [2.75, 3.05) is 13.2 Å². The Balaban J connectivity index is 1.47. The number of nitrogens with zero attached hydrogens (tertiary/aromatic N) is 4. The fraction of sp³-hybridized carbons (Fsp3) is 0.222. The Labute approximate surface area is 149 Å². The van der Waals surface area contributed by atoms with Crippen molar-refractivity contribution in [1.82, 2.24) is 20.2 Å². The fourth-order valence-corrected chi connectivity index (χ4v) is 2.57. The molecule has 8 nitrogen and oxygen atoms in total. The smallest absolute Gasteiger partial charge is 0.338 e. The molecule has 0 spiro atoms. The van der Waals surface area contributed by atoms with Gasteiger partial charge in [0.2, 0.25) is 0 Å². The Kier molecular flexibility index (Phi) is 4.46. The third-order valence-electron chi connectivity index (χ3n) is 3.85. The van der Waals surface area contributed by atoms with Gasteiger partial charge in [-0.25, -0.2) is 4.79 Å². The van der Waals surface area contributed by atoms with Gasteiger partial charge in [0.1, 0.15) is 0 Å². The Morgan fingerprint density at radius 3 is 2.73 bits per heavy atom. The Bertz CT molecular complexity index is 911. The number of carbonyl (C=O) groups is 1. The fourth-order valence-electron chi connectivity index (χ4n) is 2.57. The van der Waals surface area contributed by atoms with Crippen molar-refractivity contribution in [1.29, 1.82) is 0 Å². The van der Waals surface area contributed by atoms with E-state index in [1.54, 1.807) is 18.2 Å². The minimum Gasteiger partial charge on any atom is -0.490 e. The maximum atomic E-state index is 12.4. The highest BCUT2D eigenvalue weighted by Crippen LogP contribution is 2.30. The molecule has 3 aromatic rings. The SMILES string of the molecule is O=C(OCc1nnnn1-c1ccccc1)c1ccc2c(c1)OCCCO2. The van der Waals surface area contributed by atoms with Crippen LogP contribution in [0.2, 0.25) is 0 Å². The van der Waals surface area contributed by atoms with Crippen LogP contribution in [-0.4, -0.2) is 39.4 Å². The summed E-state index contributed by atoms with van der Waals surface area (Å²) in [5, 5.41) is 11.5. The molecule has 2 aromatic carbocycles. The van der Waals surface area contributed by atoms with Gasteiger partial charge in [0, 0.05) is 6.42 Å². The van der Waals surface area contributed by atoms with Gasteiger partial charge in [0.25, 0.3) is 0 Å². The summed E-state index contributed by atoms with van der Waals surface area (Å²) < 4.78 is 18.0. The van der Waals surface area contributed by atoms with Gasteiger partial charge in [-0.3, -0.25) is 0 Å². The van der Waals surface area contributed by atoms with Crippen molar-refractivity contribution in [3.63, 3.8) is 0 Å². The van der Waals surface area contributed by atoms with Crippen molar-refractivity contribution < 1.29 is 19.0 Å². The zero-order valence-corrected chi connectivity index (χ0v) is 13.9. The molecule has 0 radical (unpaired) electrons. The molecular formula is C18H16N4O4. The van der Waals surface area contributed by atoms with E-state index in [4.69, 9.17) is 14.2 Å². The molecule has 0 atom stereocenters. The number of ether oxygens (including phenoxy) is 3. The lowest BCUT2D eigenvalue weighted by atomic mass is 10.2. The van der Waals surface area contributed by atoms with Crippen LogP contribution >= 0.6 is 0 Å². The van der Waals surface area contributed by atoms with E-state index in [-0.39, 0.29) is 6.61 Å². The van der Waals surface area contributed by atoms with Gasteiger partial charge in [-0.1, -0.05) is 18.2 Å². The minimum atomic E-state index is -0.483. The van der Waals surface area contributed by atoms with Crippen molar-refractivity contribution in [3.05, 3.63) is 59.9 Å². The lowest BCUT2D eigenvalue weighted by molar-refractivity contribution is 0.0459. The molecule has 1 aliphatic rings. The van der Waals surface area contributed by atoms with Crippen LogP contribution in [0.4, 0.5) is 0 Å². The topological polar surface area (TPSA) is 88.4 Å². The van der Waals surface area contributed by atoms with Crippen LogP contribution in [0.3, 0.4) is 0 Å². The van der Waals surface area contributed by atoms with E-state index in [0.29, 0.717) is 36.1 Å². The van der Waals surface area contributed by atoms with Crippen LogP contribution in [-0.2, 0) is 11.3 Å². The van der Waals surface area contributed by atoms with Gasteiger partial charge in [-0.15, -0.1) is 5.10 Å². The number of tetrazole rings is 1. The van der Waals surface area contributed by atoms with Gasteiger partial charge >= 0.3 is 5.97 Å². The van der Waals surface area contributed by atoms with Gasteiger partial charge in [-0.2, -0.15) is 4.68 Å². The number of para-hydroxylation sites is 1. The first kappa shape index (κ1) is 16.1. The summed E-state index contributed by atoms with van der Waals surface area (Å²) in [4.78, 5) is 12.4. The highest BCUT2D eigenvalue weighted by atomic mass is 16.5. The summed E-state index contributed by atoms with van der Waals surface area (Å²) in [5.74, 6) is 1.13. The average molecular weight is 352 g/mol. The highest BCUT2D eigenvalue weighted by molar-refractivity contribution is 5.90. The molecule has 132 valence electrons. The van der Waals surface area contributed by atoms with E-state index >= 15 is 0 Å². The van der Waals surface area contributed by atoms with Crippen LogP contribution in [0, 0.1) is 0 Å². The van der Waals surface area contributed by atoms with Crippen molar-refractivity contribution in [2.45, 2.75) is 13.0 Å². The molecule has 8 heteroatoms. The van der Waals surface area contributed by atoms with E-state index < -0.39 is 5.97 Å². The zero-order valence-electron chi connectivity index (χ0n) is 13.9. The number of esters is 1. The summed E-state index contributed by atoms with van der Waals surface area (Å²) in [6.45, 7) is 1.10. The normalized spacial score (nSPS) is 13.1. The Hall–Kier alpha value is -3.42. The van der Waals surface area contributed by atoms with E-state index in [2.05, 4.69) is 15.5 Å². The van der Waals surface area contributed by atoms with E-state index in [0.717, 1.165) is 12.1 Å². The predicted molar refractivity (Wildman–Crippen MR) is 90.3 cm³/mol. The number of hydrogen-bond acceptors (Lipinski definition) is 7. The van der Waals surface area contributed by atoms with Crippen molar-refractivity contribution in [2.24, 2.45) is 0 Å². The Morgan fingerprint density at radius 2 is 1.88 bits per heavy atom. The molecule has 1 aromatic heterocycles. The second-order valence-electron chi connectivity index (χ2n) is 5.63. The van der Waals surface area contributed by atoms with Crippen molar-refractivity contribution >= 4 is 5.97 Å². The molecule has 0 fully saturated rings. The molecule has 0 N–H and O–H groups in total. The lowest BCUT2D eigenvalue weighted by Gasteiger charge is -2.09. The number of carbonyl (C=O) groups excluding carboxylic acids is 1. The first-order valence-corrected chi connectivity index (χ1v) is 8.21. The number of rotatable bonds is 4. The van der Waals surface area contributed by atoms with Gasteiger partial charge in [-0.05, 0) is 40.8 Å². The van der Waals surface area contributed by atoms with Crippen LogP contribution < -0.4 is 9.47 Å². The van der Waals surface area contributed by atoms with Crippen LogP contribution in [0.1, 0.15) is 22.6 Å². The maximum Gasteiger partial charge on any atom is 0.338 e. The van der Waals surface area contributed by atoms with Crippen LogP contribution in [0.5, 0.6) is 11.5 Å². The minimum absolute atomic E-state index is 0.0465. The molecule has 0 bridgehead atoms. The summed E-state index contributed by atoms with van der Waals surface area (Å²) in [6.07, 6.45) is 0.802. The quantitative estimate of drug-likeness (QED) is 0.665. The largest absolute Gasteiger partial charge is 0.490 e. The second kappa shape index (κ2) is 7.22. The van der Waals surface area contributed by atoms with E-state index in [1.807, 2.05) is 30.3 Å². The van der Waals surface area contributed by atoms with Gasteiger partial charge in [0.15, 0.2) is 23.9 Å². The summed E-state index contributed by atoms with van der Waals surface area (Å²) >= 11 is 0. The molecule has 0 unspecified atom stereocenters. The standard InChI is InChI=1S/C18H16N4O4/c23-18(13-7-8-15-16(11-13)25-10-4-9-24-15)26-12-17-19-20-21-22(17)14-5-2-1-3-6-14/h1-3,5-8,11H,4,9-10,12H2. The summed E-state index contributed by atoms with van der Waals surface area (Å²) in [6, 6.07) is 14.4. The van der Waals surface area contributed by atoms with Gasteiger partial charge < -0.3 is 14.2 Å². The van der Waals surface area contributed by atoms with Crippen LogP contribution in [0.25, 0.3) is 5.69 Å². The van der Waals surface area contributed by atoms with Crippen LogP contribution in [0.15, 0.2) is 48.5 Å². The maximum absolute atomic E-state index is 12.4. The zero-order chi connectivity index (χ0) is 17.8. The number of hydrogen-bond donors (Lipinski definition) is 0. The summed E-state index contributed by atoms with van der Waals surface area (Å²) in [5.41, 5.74) is 1.17.